The summed E-state index contributed by atoms with van der Waals surface area (Å²) in [7, 11) is 0. The van der Waals surface area contributed by atoms with Crippen LogP contribution in [-0.2, 0) is 11.3 Å². The summed E-state index contributed by atoms with van der Waals surface area (Å²) in [6, 6.07) is 12.0. The van der Waals surface area contributed by atoms with E-state index in [0.29, 0.717) is 15.8 Å². The van der Waals surface area contributed by atoms with E-state index in [1.165, 1.54) is 40.4 Å². The van der Waals surface area contributed by atoms with Gasteiger partial charge in [-0.15, -0.1) is 11.3 Å². The van der Waals surface area contributed by atoms with Gasteiger partial charge in [0, 0.05) is 29.1 Å². The van der Waals surface area contributed by atoms with Gasteiger partial charge in [0.1, 0.15) is 10.6 Å². The zero-order chi connectivity index (χ0) is 22.8. The second kappa shape index (κ2) is 8.72. The van der Waals surface area contributed by atoms with Crippen molar-refractivity contribution in [2.45, 2.75) is 26.8 Å². The number of hydrogen-bond acceptors (Lipinski definition) is 7. The smallest absolute Gasteiger partial charge is 0.312 e. The molecule has 2 aromatic carbocycles. The van der Waals surface area contributed by atoms with Crippen LogP contribution in [0.5, 0.6) is 5.75 Å². The van der Waals surface area contributed by atoms with E-state index in [0.717, 1.165) is 16.7 Å². The van der Waals surface area contributed by atoms with E-state index in [1.54, 1.807) is 6.92 Å². The summed E-state index contributed by atoms with van der Waals surface area (Å²) in [6.07, 6.45) is 1.39. The molecule has 0 aliphatic rings. The third-order valence-corrected chi connectivity index (χ3v) is 5.96. The Morgan fingerprint density at radius 3 is 2.62 bits per heavy atom. The van der Waals surface area contributed by atoms with Crippen molar-refractivity contribution >= 4 is 33.2 Å². The lowest BCUT2D eigenvalue weighted by molar-refractivity contribution is -0.385. The van der Waals surface area contributed by atoms with Gasteiger partial charge in [-0.05, 0) is 31.5 Å². The summed E-state index contributed by atoms with van der Waals surface area (Å²) in [5, 5.41) is 13.4. The predicted molar refractivity (Wildman–Crippen MR) is 122 cm³/mol. The SMILES string of the molecule is Cc1ccc(-c2csc3ncn(CCC(=O)Oc4ccc([N+](=O)[O-])c(C)c4)c(=O)c23)cc1. The van der Waals surface area contributed by atoms with Crippen molar-refractivity contribution in [1.82, 2.24) is 9.55 Å². The highest BCUT2D eigenvalue weighted by Gasteiger charge is 2.15. The zero-order valence-corrected chi connectivity index (χ0v) is 18.2. The minimum absolute atomic E-state index is 0.0455. The summed E-state index contributed by atoms with van der Waals surface area (Å²) in [5.74, 6) is -0.326. The number of thiophene rings is 1. The number of esters is 1. The maximum absolute atomic E-state index is 13.1. The number of nitro benzene ring substituents is 1. The molecule has 2 aromatic heterocycles. The van der Waals surface area contributed by atoms with Gasteiger partial charge in [0.25, 0.3) is 11.2 Å². The Hall–Kier alpha value is -3.85. The molecule has 0 atom stereocenters. The molecular formula is C23H19N3O5S. The number of nitro groups is 1. The zero-order valence-electron chi connectivity index (χ0n) is 17.4. The fourth-order valence-electron chi connectivity index (χ4n) is 3.36. The molecule has 4 rings (SSSR count). The molecule has 0 unspecified atom stereocenters. The Kier molecular flexibility index (Phi) is 5.83. The first-order chi connectivity index (χ1) is 15.3. The highest BCUT2D eigenvalue weighted by molar-refractivity contribution is 7.17. The fraction of sp³-hybridized carbons (Fsp3) is 0.174. The molecule has 0 fully saturated rings. The van der Waals surface area contributed by atoms with Gasteiger partial charge in [-0.25, -0.2) is 4.98 Å². The van der Waals surface area contributed by atoms with Gasteiger partial charge in [0.05, 0.1) is 23.1 Å². The molecule has 162 valence electrons. The first kappa shape index (κ1) is 21.4. The van der Waals surface area contributed by atoms with E-state index >= 15 is 0 Å². The van der Waals surface area contributed by atoms with Crippen molar-refractivity contribution in [1.29, 1.82) is 0 Å². The van der Waals surface area contributed by atoms with E-state index in [1.807, 2.05) is 36.6 Å². The van der Waals surface area contributed by atoms with Crippen LogP contribution in [0.3, 0.4) is 0 Å². The van der Waals surface area contributed by atoms with Crippen LogP contribution in [0, 0.1) is 24.0 Å². The molecule has 0 aliphatic carbocycles. The van der Waals surface area contributed by atoms with E-state index < -0.39 is 10.9 Å². The normalized spacial score (nSPS) is 10.9. The van der Waals surface area contributed by atoms with Gasteiger partial charge in [0.2, 0.25) is 0 Å². The average molecular weight is 449 g/mol. The summed E-state index contributed by atoms with van der Waals surface area (Å²) in [5.41, 5.74) is 3.02. The van der Waals surface area contributed by atoms with Crippen LogP contribution in [-0.4, -0.2) is 20.4 Å². The van der Waals surface area contributed by atoms with E-state index in [4.69, 9.17) is 4.74 Å². The first-order valence-corrected chi connectivity index (χ1v) is 10.7. The number of aryl methyl sites for hydroxylation is 3. The monoisotopic (exact) mass is 449 g/mol. The number of carbonyl (C=O) groups excluding carboxylic acids is 1. The molecule has 0 bridgehead atoms. The van der Waals surface area contributed by atoms with E-state index in [2.05, 4.69) is 4.98 Å². The number of nitrogens with zero attached hydrogens (tertiary/aromatic N) is 3. The largest absolute Gasteiger partial charge is 0.426 e. The maximum atomic E-state index is 13.1. The van der Waals surface area contributed by atoms with Crippen molar-refractivity contribution in [3.8, 4) is 16.9 Å². The molecule has 0 radical (unpaired) electrons. The fourth-order valence-corrected chi connectivity index (χ4v) is 4.27. The standard InChI is InChI=1S/C23H19N3O5S/c1-14-3-5-16(6-4-14)18-12-32-22-21(18)23(28)25(13-24-22)10-9-20(27)31-17-7-8-19(26(29)30)15(2)11-17/h3-8,11-13H,9-10H2,1-2H3. The maximum Gasteiger partial charge on any atom is 0.312 e. The lowest BCUT2D eigenvalue weighted by Gasteiger charge is -2.08. The van der Waals surface area contributed by atoms with Crippen LogP contribution < -0.4 is 10.3 Å². The molecular weight excluding hydrogens is 430 g/mol. The van der Waals surface area contributed by atoms with Crippen LogP contribution in [0.25, 0.3) is 21.3 Å². The number of ether oxygens (including phenoxy) is 1. The second-order valence-electron chi connectivity index (χ2n) is 7.37. The Morgan fingerprint density at radius 1 is 1.19 bits per heavy atom. The predicted octanol–water partition coefficient (Wildman–Crippen LogP) is 4.65. The van der Waals surface area contributed by atoms with E-state index in [9.17, 15) is 19.7 Å². The number of fused-ring (bicyclic) bond motifs is 1. The van der Waals surface area contributed by atoms with Crippen molar-refractivity contribution in [2.24, 2.45) is 0 Å². The Bertz CT molecular complexity index is 1390. The highest BCUT2D eigenvalue weighted by Crippen LogP contribution is 2.30. The lowest BCUT2D eigenvalue weighted by atomic mass is 10.1. The Labute approximate surface area is 186 Å². The molecule has 4 aromatic rings. The Balaban J connectivity index is 1.51. The summed E-state index contributed by atoms with van der Waals surface area (Å²) in [4.78, 5) is 40.8. The molecule has 9 heteroatoms. The molecule has 2 heterocycles. The van der Waals surface area contributed by atoms with Crippen molar-refractivity contribution in [3.05, 3.63) is 85.8 Å². The van der Waals surface area contributed by atoms with E-state index in [-0.39, 0.29) is 30.0 Å². The van der Waals surface area contributed by atoms with Crippen LogP contribution in [0.15, 0.2) is 59.0 Å². The molecule has 8 nitrogen and oxygen atoms in total. The summed E-state index contributed by atoms with van der Waals surface area (Å²) in [6.45, 7) is 3.68. The number of hydrogen-bond donors (Lipinski definition) is 0. The minimum atomic E-state index is -0.547. The number of carbonyl (C=O) groups is 1. The topological polar surface area (TPSA) is 104 Å². The van der Waals surface area contributed by atoms with Crippen molar-refractivity contribution in [3.63, 3.8) is 0 Å². The van der Waals surface area contributed by atoms with Gasteiger partial charge in [-0.3, -0.25) is 24.3 Å². The third kappa shape index (κ3) is 4.28. The summed E-state index contributed by atoms with van der Waals surface area (Å²) >= 11 is 1.40. The quantitative estimate of drug-likeness (QED) is 0.184. The first-order valence-electron chi connectivity index (χ1n) is 9.83. The Morgan fingerprint density at radius 2 is 1.94 bits per heavy atom. The van der Waals surface area contributed by atoms with Gasteiger partial charge in [0.15, 0.2) is 0 Å². The lowest BCUT2D eigenvalue weighted by Crippen LogP contribution is -2.23. The highest BCUT2D eigenvalue weighted by atomic mass is 32.1. The van der Waals surface area contributed by atoms with Gasteiger partial charge in [-0.1, -0.05) is 29.8 Å². The molecule has 0 N–H and O–H groups in total. The molecule has 0 aliphatic heterocycles. The van der Waals surface area contributed by atoms with Gasteiger partial charge >= 0.3 is 5.97 Å². The van der Waals surface area contributed by atoms with Crippen LogP contribution in [0.1, 0.15) is 17.5 Å². The van der Waals surface area contributed by atoms with Crippen LogP contribution in [0.2, 0.25) is 0 Å². The van der Waals surface area contributed by atoms with Crippen molar-refractivity contribution in [2.75, 3.05) is 0 Å². The molecule has 0 amide bonds. The molecule has 32 heavy (non-hydrogen) atoms. The van der Waals surface area contributed by atoms with Gasteiger partial charge < -0.3 is 4.74 Å². The number of aromatic nitrogens is 2. The molecule has 0 saturated heterocycles. The van der Waals surface area contributed by atoms with Gasteiger partial charge in [-0.2, -0.15) is 0 Å². The average Bonchev–Trinajstić information content (AvgIpc) is 3.18. The number of benzene rings is 2. The number of rotatable bonds is 6. The molecule has 0 saturated carbocycles. The summed E-state index contributed by atoms with van der Waals surface area (Å²) < 4.78 is 6.67. The van der Waals surface area contributed by atoms with Crippen LogP contribution >= 0.6 is 11.3 Å². The minimum Gasteiger partial charge on any atom is -0.426 e. The third-order valence-electron chi connectivity index (χ3n) is 5.08. The van der Waals surface area contributed by atoms with Crippen LogP contribution in [0.4, 0.5) is 5.69 Å². The van der Waals surface area contributed by atoms with Crippen molar-refractivity contribution < 1.29 is 14.5 Å². The second-order valence-corrected chi connectivity index (χ2v) is 8.23. The molecule has 0 spiro atoms.